The summed E-state index contributed by atoms with van der Waals surface area (Å²) in [4.78, 5) is 24.4. The van der Waals surface area contributed by atoms with E-state index in [0.29, 0.717) is 23.5 Å². The number of thiazole rings is 1. The molecule has 3 aromatic heterocycles. The normalized spacial score (nSPS) is 11.1. The van der Waals surface area contributed by atoms with Crippen molar-refractivity contribution in [3.8, 4) is 16.9 Å². The Morgan fingerprint density at radius 1 is 1.06 bits per heavy atom. The van der Waals surface area contributed by atoms with E-state index >= 15 is 0 Å². The third kappa shape index (κ3) is 3.97. The van der Waals surface area contributed by atoms with Crippen molar-refractivity contribution in [1.82, 2.24) is 24.7 Å². The maximum Gasteiger partial charge on any atom is 0.263 e. The molecule has 3 heterocycles. The number of aromatic nitrogens is 5. The molecule has 0 saturated carbocycles. The van der Waals surface area contributed by atoms with E-state index in [0.717, 1.165) is 28.4 Å². The number of para-hydroxylation sites is 1. The molecule has 0 aliphatic rings. The van der Waals surface area contributed by atoms with Crippen LogP contribution in [0.15, 0.2) is 71.0 Å². The van der Waals surface area contributed by atoms with Crippen LogP contribution in [0.1, 0.15) is 10.6 Å². The second-order valence-electron chi connectivity index (χ2n) is 7.17. The smallest absolute Gasteiger partial charge is 0.263 e. The summed E-state index contributed by atoms with van der Waals surface area (Å²) in [7, 11) is 0. The van der Waals surface area contributed by atoms with Gasteiger partial charge in [-0.05, 0) is 31.0 Å². The Morgan fingerprint density at radius 2 is 1.87 bits per heavy atom. The van der Waals surface area contributed by atoms with E-state index in [1.54, 1.807) is 22.2 Å². The first-order valence-corrected chi connectivity index (χ1v) is 10.8. The molecule has 2 aromatic carbocycles. The van der Waals surface area contributed by atoms with Gasteiger partial charge in [0.25, 0.3) is 5.56 Å². The Kier molecular flexibility index (Phi) is 5.05. The molecular formula is C23H20N6OS. The number of rotatable bonds is 6. The number of aromatic amines is 1. The number of H-pyrrole nitrogens is 1. The molecule has 2 N–H and O–H groups in total. The van der Waals surface area contributed by atoms with E-state index in [4.69, 9.17) is 0 Å². The van der Waals surface area contributed by atoms with E-state index < -0.39 is 0 Å². The van der Waals surface area contributed by atoms with Gasteiger partial charge >= 0.3 is 0 Å². The molecule has 8 heteroatoms. The Balaban J connectivity index is 1.30. The van der Waals surface area contributed by atoms with Gasteiger partial charge in [0.1, 0.15) is 5.39 Å². The lowest BCUT2D eigenvalue weighted by atomic mass is 10.1. The molecule has 0 atom stereocenters. The van der Waals surface area contributed by atoms with Crippen LogP contribution >= 0.6 is 11.3 Å². The van der Waals surface area contributed by atoms with Gasteiger partial charge in [-0.1, -0.05) is 42.5 Å². The predicted molar refractivity (Wildman–Crippen MR) is 124 cm³/mol. The van der Waals surface area contributed by atoms with Crippen molar-refractivity contribution in [3.05, 3.63) is 87.1 Å². The maximum absolute atomic E-state index is 12.5. The van der Waals surface area contributed by atoms with Gasteiger partial charge < -0.3 is 5.32 Å². The van der Waals surface area contributed by atoms with Crippen molar-refractivity contribution in [1.29, 1.82) is 0 Å². The lowest BCUT2D eigenvalue weighted by Crippen LogP contribution is -2.15. The number of nitrogens with one attached hydrogen (secondary N) is 2. The average molecular weight is 429 g/mol. The van der Waals surface area contributed by atoms with Crippen LogP contribution in [0.3, 0.4) is 0 Å². The summed E-state index contributed by atoms with van der Waals surface area (Å²) in [6.45, 7) is 2.65. The van der Waals surface area contributed by atoms with E-state index in [1.807, 2.05) is 37.3 Å². The van der Waals surface area contributed by atoms with Crippen LogP contribution in [-0.4, -0.2) is 31.3 Å². The van der Waals surface area contributed by atoms with E-state index in [2.05, 4.69) is 55.0 Å². The van der Waals surface area contributed by atoms with E-state index in [1.165, 1.54) is 5.56 Å². The minimum Gasteiger partial charge on any atom is -0.355 e. The highest BCUT2D eigenvalue weighted by Gasteiger charge is 2.11. The zero-order valence-electron chi connectivity index (χ0n) is 16.9. The van der Waals surface area contributed by atoms with Crippen molar-refractivity contribution < 1.29 is 0 Å². The van der Waals surface area contributed by atoms with Gasteiger partial charge in [0, 0.05) is 17.5 Å². The molecule has 0 aliphatic heterocycles. The van der Waals surface area contributed by atoms with Crippen LogP contribution in [0.5, 0.6) is 0 Å². The van der Waals surface area contributed by atoms with Crippen molar-refractivity contribution in [3.63, 3.8) is 0 Å². The lowest BCUT2D eigenvalue weighted by molar-refractivity contribution is 0.892. The topological polar surface area (TPSA) is 88.5 Å². The Hall–Kier alpha value is -3.78. The van der Waals surface area contributed by atoms with Gasteiger partial charge in [-0.25, -0.2) is 9.67 Å². The van der Waals surface area contributed by atoms with Gasteiger partial charge in [-0.2, -0.15) is 10.1 Å². The van der Waals surface area contributed by atoms with Gasteiger partial charge in [-0.15, -0.1) is 11.3 Å². The van der Waals surface area contributed by atoms with Gasteiger partial charge in [0.15, 0.2) is 5.65 Å². The molecule has 0 radical (unpaired) electrons. The molecule has 0 unspecified atom stereocenters. The van der Waals surface area contributed by atoms with Crippen molar-refractivity contribution in [2.24, 2.45) is 0 Å². The van der Waals surface area contributed by atoms with E-state index in [-0.39, 0.29) is 5.56 Å². The molecule has 0 spiro atoms. The van der Waals surface area contributed by atoms with Crippen molar-refractivity contribution in [2.75, 3.05) is 11.9 Å². The number of benzene rings is 2. The molecule has 0 saturated heterocycles. The van der Waals surface area contributed by atoms with Crippen LogP contribution in [0.25, 0.3) is 28.0 Å². The summed E-state index contributed by atoms with van der Waals surface area (Å²) < 4.78 is 1.68. The summed E-state index contributed by atoms with van der Waals surface area (Å²) in [5.41, 5.74) is 4.50. The fraction of sp³-hybridized carbons (Fsp3) is 0.130. The molecule has 5 aromatic rings. The molecule has 154 valence electrons. The Bertz CT molecular complexity index is 1390. The Labute approximate surface area is 182 Å². The molecule has 0 amide bonds. The average Bonchev–Trinajstić information content (AvgIpc) is 3.42. The maximum atomic E-state index is 12.5. The highest BCUT2D eigenvalue weighted by molar-refractivity contribution is 7.09. The number of fused-ring (bicyclic) bond motifs is 1. The standard InChI is InChI=1S/C23H20N6OS/c1-15-26-20(14-31-15)17-9-7-16(8-10-17)11-12-24-23-27-21-19(22(30)28-23)13-25-29(21)18-5-3-2-4-6-18/h2-10,13-14H,11-12H2,1H3,(H2,24,27,28,30). The second kappa shape index (κ2) is 8.16. The lowest BCUT2D eigenvalue weighted by Gasteiger charge is -2.07. The van der Waals surface area contributed by atoms with Gasteiger partial charge in [0.05, 0.1) is 22.6 Å². The number of anilines is 1. The number of aryl methyl sites for hydroxylation is 1. The molecule has 31 heavy (non-hydrogen) atoms. The fourth-order valence-corrected chi connectivity index (χ4v) is 4.05. The highest BCUT2D eigenvalue weighted by Crippen LogP contribution is 2.22. The number of nitrogens with zero attached hydrogens (tertiary/aromatic N) is 4. The molecular weight excluding hydrogens is 408 g/mol. The monoisotopic (exact) mass is 428 g/mol. The fourth-order valence-electron chi connectivity index (χ4n) is 3.42. The molecule has 5 rings (SSSR count). The summed E-state index contributed by atoms with van der Waals surface area (Å²) in [5.74, 6) is 0.435. The van der Waals surface area contributed by atoms with E-state index in [9.17, 15) is 4.79 Å². The summed E-state index contributed by atoms with van der Waals surface area (Å²) >= 11 is 1.65. The predicted octanol–water partition coefficient (Wildman–Crippen LogP) is 4.20. The van der Waals surface area contributed by atoms with Crippen LogP contribution in [0.4, 0.5) is 5.95 Å². The largest absolute Gasteiger partial charge is 0.355 e. The van der Waals surface area contributed by atoms with Crippen LogP contribution in [-0.2, 0) is 6.42 Å². The third-order valence-electron chi connectivity index (χ3n) is 5.01. The highest BCUT2D eigenvalue weighted by atomic mass is 32.1. The van der Waals surface area contributed by atoms with Crippen LogP contribution < -0.4 is 10.9 Å². The second-order valence-corrected chi connectivity index (χ2v) is 8.23. The molecule has 0 aliphatic carbocycles. The van der Waals surface area contributed by atoms with Gasteiger partial charge in [0.2, 0.25) is 5.95 Å². The third-order valence-corrected chi connectivity index (χ3v) is 5.79. The van der Waals surface area contributed by atoms with Crippen molar-refractivity contribution in [2.45, 2.75) is 13.3 Å². The quantitative estimate of drug-likeness (QED) is 0.423. The first-order valence-electron chi connectivity index (χ1n) is 9.96. The minimum atomic E-state index is -0.211. The number of hydrogen-bond acceptors (Lipinski definition) is 6. The molecule has 0 bridgehead atoms. The summed E-state index contributed by atoms with van der Waals surface area (Å²) in [6.07, 6.45) is 2.35. The first-order chi connectivity index (χ1) is 15.2. The zero-order valence-corrected chi connectivity index (χ0v) is 17.7. The minimum absolute atomic E-state index is 0.211. The summed E-state index contributed by atoms with van der Waals surface area (Å²) in [5, 5.41) is 11.2. The van der Waals surface area contributed by atoms with Gasteiger partial charge in [-0.3, -0.25) is 9.78 Å². The molecule has 7 nitrogen and oxygen atoms in total. The number of hydrogen-bond donors (Lipinski definition) is 2. The van der Waals surface area contributed by atoms with Crippen LogP contribution in [0.2, 0.25) is 0 Å². The van der Waals surface area contributed by atoms with Crippen LogP contribution in [0, 0.1) is 6.92 Å². The summed E-state index contributed by atoms with van der Waals surface area (Å²) in [6, 6.07) is 18.0. The first kappa shape index (κ1) is 19.2. The van der Waals surface area contributed by atoms with Crippen molar-refractivity contribution >= 4 is 28.3 Å². The molecule has 0 fully saturated rings. The zero-order chi connectivity index (χ0) is 21.2. The Morgan fingerprint density at radius 3 is 2.61 bits per heavy atom. The SMILES string of the molecule is Cc1nc(-c2ccc(CCNc3nc4c(cnn4-c4ccccc4)c(=O)[nH]3)cc2)cs1.